The number of amidine groups is 1. The maximum atomic E-state index is 6.25. The van der Waals surface area contributed by atoms with Crippen LogP contribution in [-0.4, -0.2) is 21.8 Å². The number of hydrogen-bond donors (Lipinski definition) is 2. The smallest absolute Gasteiger partial charge is 0.139 e. The number of nitrogens with two attached hydrogens (primary N) is 1. The van der Waals surface area contributed by atoms with Crippen molar-refractivity contribution < 1.29 is 0 Å². The zero-order valence-electron chi connectivity index (χ0n) is 12.8. The number of halogens is 2. The van der Waals surface area contributed by atoms with Crippen molar-refractivity contribution >= 4 is 40.1 Å². The number of aromatic nitrogens is 2. The van der Waals surface area contributed by atoms with Gasteiger partial charge in [-0.2, -0.15) is 0 Å². The van der Waals surface area contributed by atoms with Crippen molar-refractivity contribution in [3.05, 3.63) is 52.0 Å². The summed E-state index contributed by atoms with van der Waals surface area (Å²) < 4.78 is 0. The van der Waals surface area contributed by atoms with Gasteiger partial charge in [-0.25, -0.2) is 4.98 Å². The van der Waals surface area contributed by atoms with Crippen molar-refractivity contribution in [3.63, 3.8) is 0 Å². The summed E-state index contributed by atoms with van der Waals surface area (Å²) in [6, 6.07) is 11.2. The van der Waals surface area contributed by atoms with Gasteiger partial charge in [-0.1, -0.05) is 23.2 Å². The van der Waals surface area contributed by atoms with Gasteiger partial charge in [0.25, 0.3) is 0 Å². The Balaban J connectivity index is 2.06. The molecule has 0 saturated carbocycles. The molecule has 0 radical (unpaired) electrons. The third kappa shape index (κ3) is 3.33. The van der Waals surface area contributed by atoms with Crippen LogP contribution in [0, 0.1) is 0 Å². The van der Waals surface area contributed by atoms with Crippen LogP contribution in [0.25, 0.3) is 22.4 Å². The van der Waals surface area contributed by atoms with Crippen molar-refractivity contribution in [2.75, 3.05) is 0 Å². The lowest BCUT2D eigenvalue weighted by atomic mass is 10.2. The molecule has 0 aliphatic carbocycles. The van der Waals surface area contributed by atoms with Gasteiger partial charge in [0.15, 0.2) is 0 Å². The Kier molecular flexibility index (Phi) is 4.28. The molecule has 2 aromatic carbocycles. The maximum Gasteiger partial charge on any atom is 0.139 e. The molecule has 0 bridgehead atoms. The summed E-state index contributed by atoms with van der Waals surface area (Å²) in [7, 11) is 0. The molecule has 1 aromatic heterocycles. The monoisotopic (exact) mass is 346 g/mol. The largest absolute Gasteiger partial charge is 0.383 e. The number of fused-ring (bicyclic) bond motifs is 1. The highest BCUT2D eigenvalue weighted by molar-refractivity contribution is 6.36. The quantitative estimate of drug-likeness (QED) is 0.535. The van der Waals surface area contributed by atoms with Crippen LogP contribution in [0.1, 0.15) is 19.4 Å². The highest BCUT2D eigenvalue weighted by Crippen LogP contribution is 2.30. The van der Waals surface area contributed by atoms with Crippen molar-refractivity contribution in [2.45, 2.75) is 19.9 Å². The molecule has 0 aliphatic rings. The molecule has 0 fully saturated rings. The normalized spacial score (nSPS) is 12.3. The van der Waals surface area contributed by atoms with E-state index in [-0.39, 0.29) is 6.04 Å². The topological polar surface area (TPSA) is 67.1 Å². The number of nitrogens with zero attached hydrogens (tertiary/aromatic N) is 2. The molecule has 0 amide bonds. The van der Waals surface area contributed by atoms with Gasteiger partial charge < -0.3 is 10.7 Å². The van der Waals surface area contributed by atoms with Gasteiger partial charge in [0.05, 0.1) is 16.1 Å². The van der Waals surface area contributed by atoms with E-state index in [4.69, 9.17) is 28.9 Å². The molecule has 1 heterocycles. The summed E-state index contributed by atoms with van der Waals surface area (Å²) in [4.78, 5) is 12.2. The van der Waals surface area contributed by atoms with Crippen LogP contribution in [0.3, 0.4) is 0 Å². The van der Waals surface area contributed by atoms with Crippen LogP contribution in [0.2, 0.25) is 10.0 Å². The highest BCUT2D eigenvalue weighted by Gasteiger charge is 2.10. The van der Waals surface area contributed by atoms with Crippen molar-refractivity contribution in [1.29, 1.82) is 0 Å². The van der Waals surface area contributed by atoms with Crippen molar-refractivity contribution in [1.82, 2.24) is 9.97 Å². The third-order valence-electron chi connectivity index (χ3n) is 3.36. The lowest BCUT2D eigenvalue weighted by Gasteiger charge is -2.03. The van der Waals surface area contributed by atoms with Crippen LogP contribution in [0.15, 0.2) is 41.4 Å². The summed E-state index contributed by atoms with van der Waals surface area (Å²) in [6.07, 6.45) is 0. The van der Waals surface area contributed by atoms with E-state index >= 15 is 0 Å². The van der Waals surface area contributed by atoms with Gasteiger partial charge in [0, 0.05) is 22.2 Å². The Morgan fingerprint density at radius 2 is 1.96 bits per heavy atom. The first-order chi connectivity index (χ1) is 10.9. The molecular formula is C17H16Cl2N4. The number of rotatable bonds is 3. The minimum absolute atomic E-state index is 0.149. The van der Waals surface area contributed by atoms with E-state index in [1.807, 2.05) is 38.1 Å². The fourth-order valence-corrected chi connectivity index (χ4v) is 2.83. The molecular weight excluding hydrogens is 331 g/mol. The number of H-pyrrole nitrogens is 1. The number of imidazole rings is 1. The van der Waals surface area contributed by atoms with E-state index in [0.717, 1.165) is 22.2 Å². The molecule has 0 aliphatic heterocycles. The van der Waals surface area contributed by atoms with Crippen LogP contribution in [0.4, 0.5) is 0 Å². The zero-order valence-corrected chi connectivity index (χ0v) is 14.3. The second-order valence-corrected chi connectivity index (χ2v) is 6.39. The average Bonchev–Trinajstić information content (AvgIpc) is 2.88. The summed E-state index contributed by atoms with van der Waals surface area (Å²) in [6.45, 7) is 3.98. The molecule has 118 valence electrons. The van der Waals surface area contributed by atoms with E-state index in [1.165, 1.54) is 0 Å². The molecule has 4 nitrogen and oxygen atoms in total. The molecule has 23 heavy (non-hydrogen) atoms. The Hall–Kier alpha value is -2.04. The Morgan fingerprint density at radius 3 is 2.65 bits per heavy atom. The van der Waals surface area contributed by atoms with Gasteiger partial charge in [0.1, 0.15) is 11.7 Å². The third-order valence-corrected chi connectivity index (χ3v) is 3.91. The number of aliphatic imine (C=N–C) groups is 1. The van der Waals surface area contributed by atoms with E-state index in [0.29, 0.717) is 21.7 Å². The first-order valence-electron chi connectivity index (χ1n) is 7.23. The van der Waals surface area contributed by atoms with E-state index in [9.17, 15) is 0 Å². The lowest BCUT2D eigenvalue weighted by Crippen LogP contribution is -2.15. The minimum Gasteiger partial charge on any atom is -0.383 e. The second kappa shape index (κ2) is 6.22. The number of hydrogen-bond acceptors (Lipinski definition) is 2. The lowest BCUT2D eigenvalue weighted by molar-refractivity contribution is 0.834. The average molecular weight is 347 g/mol. The van der Waals surface area contributed by atoms with Crippen LogP contribution in [0.5, 0.6) is 0 Å². The first-order valence-corrected chi connectivity index (χ1v) is 7.98. The predicted molar refractivity (Wildman–Crippen MR) is 97.4 cm³/mol. The number of aromatic amines is 1. The van der Waals surface area contributed by atoms with E-state index in [1.54, 1.807) is 12.1 Å². The summed E-state index contributed by atoms with van der Waals surface area (Å²) in [5, 5.41) is 1.15. The summed E-state index contributed by atoms with van der Waals surface area (Å²) in [5.74, 6) is 1.21. The minimum atomic E-state index is 0.149. The molecule has 0 unspecified atom stereocenters. The Labute approximate surface area is 144 Å². The highest BCUT2D eigenvalue weighted by atomic mass is 35.5. The molecule has 0 saturated heterocycles. The summed E-state index contributed by atoms with van der Waals surface area (Å²) in [5.41, 5.74) is 9.41. The maximum absolute atomic E-state index is 6.25. The van der Waals surface area contributed by atoms with Crippen LogP contribution in [-0.2, 0) is 0 Å². The van der Waals surface area contributed by atoms with E-state index < -0.39 is 0 Å². The SMILES string of the molecule is CC(C)N=C(N)c1ccc2nc(-c3ccc(Cl)cc3Cl)[nH]c2c1. The van der Waals surface area contributed by atoms with Crippen molar-refractivity contribution in [2.24, 2.45) is 10.7 Å². The first kappa shape index (κ1) is 15.8. The van der Waals surface area contributed by atoms with Gasteiger partial charge in [0.2, 0.25) is 0 Å². The Bertz CT molecular complexity index is 897. The van der Waals surface area contributed by atoms with Crippen LogP contribution >= 0.6 is 23.2 Å². The summed E-state index contributed by atoms with van der Waals surface area (Å²) >= 11 is 12.2. The van der Waals surface area contributed by atoms with Gasteiger partial charge in [-0.15, -0.1) is 0 Å². The Morgan fingerprint density at radius 1 is 1.17 bits per heavy atom. The van der Waals surface area contributed by atoms with Crippen molar-refractivity contribution in [3.8, 4) is 11.4 Å². The zero-order chi connectivity index (χ0) is 16.6. The molecule has 0 spiro atoms. The van der Waals surface area contributed by atoms with Gasteiger partial charge in [-0.05, 0) is 50.2 Å². The number of nitrogens with one attached hydrogen (secondary N) is 1. The van der Waals surface area contributed by atoms with Gasteiger partial charge in [-0.3, -0.25) is 4.99 Å². The predicted octanol–water partition coefficient (Wildman–Crippen LogP) is 4.65. The van der Waals surface area contributed by atoms with Crippen LogP contribution < -0.4 is 5.73 Å². The molecule has 3 rings (SSSR count). The molecule has 3 N–H and O–H groups in total. The van der Waals surface area contributed by atoms with E-state index in [2.05, 4.69) is 15.0 Å². The molecule has 0 atom stereocenters. The van der Waals surface area contributed by atoms with Gasteiger partial charge >= 0.3 is 0 Å². The fourth-order valence-electron chi connectivity index (χ4n) is 2.33. The standard InChI is InChI=1S/C17H16Cl2N4/c1-9(2)21-16(20)10-3-6-14-15(7-10)23-17(22-14)12-5-4-11(18)8-13(12)19/h3-9H,1-2H3,(H2,20,21)(H,22,23). The number of benzene rings is 2. The molecule has 3 aromatic rings. The molecule has 6 heteroatoms. The fraction of sp³-hybridized carbons (Fsp3) is 0.176. The second-order valence-electron chi connectivity index (χ2n) is 5.55.